The largest absolute Gasteiger partial charge is 0.437 e. The molecule has 1 aromatic heterocycles. The lowest BCUT2D eigenvalue weighted by molar-refractivity contribution is -0.137. The van der Waals surface area contributed by atoms with E-state index in [9.17, 15) is 26.7 Å². The Kier molecular flexibility index (Phi) is 5.04. The number of nitrogens with zero attached hydrogens (tertiary/aromatic N) is 2. The minimum Gasteiger partial charge on any atom is -0.437 e. The van der Waals surface area contributed by atoms with E-state index in [1.807, 2.05) is 0 Å². The molecule has 3 aromatic rings. The van der Waals surface area contributed by atoms with Gasteiger partial charge in [0, 0.05) is 13.2 Å². The van der Waals surface area contributed by atoms with E-state index in [1.54, 1.807) is 0 Å². The minimum absolute atomic E-state index is 0.177. The lowest BCUT2D eigenvalue weighted by Gasteiger charge is -2.10. The molecule has 0 fully saturated rings. The Balaban J connectivity index is 1.87. The highest BCUT2D eigenvalue weighted by atomic mass is 19.4. The number of benzene rings is 2. The number of hydrogen-bond acceptors (Lipinski definition) is 3. The van der Waals surface area contributed by atoms with Crippen LogP contribution in [-0.4, -0.2) is 15.7 Å². The Labute approximate surface area is 155 Å². The summed E-state index contributed by atoms with van der Waals surface area (Å²) >= 11 is 0. The van der Waals surface area contributed by atoms with Gasteiger partial charge in [0.05, 0.1) is 11.3 Å². The molecule has 0 aliphatic rings. The smallest absolute Gasteiger partial charge is 0.416 e. The number of carbonyl (C=O) groups is 1. The van der Waals surface area contributed by atoms with E-state index in [0.29, 0.717) is 0 Å². The SMILES string of the molecule is Cn1cc(C(=O)Nc2cccc(F)c2F)c(Oc2cccc(C(F)(F)F)c2)n1. The van der Waals surface area contributed by atoms with Crippen LogP contribution < -0.4 is 10.1 Å². The molecule has 0 aliphatic carbocycles. The molecule has 0 saturated heterocycles. The predicted molar refractivity (Wildman–Crippen MR) is 89.0 cm³/mol. The standard InChI is InChI=1S/C18H12F5N3O2/c1-26-9-12(16(27)24-14-7-3-6-13(19)15(14)20)17(25-26)28-11-5-2-4-10(8-11)18(21,22)23/h2-9H,1H3,(H,24,27). The van der Waals surface area contributed by atoms with Crippen molar-refractivity contribution in [3.8, 4) is 11.6 Å². The maximum absolute atomic E-state index is 13.7. The molecular formula is C18H12F5N3O2. The van der Waals surface area contributed by atoms with Crippen molar-refractivity contribution in [2.45, 2.75) is 6.18 Å². The highest BCUT2D eigenvalue weighted by molar-refractivity contribution is 6.05. The fourth-order valence-electron chi connectivity index (χ4n) is 2.34. The second-order valence-corrected chi connectivity index (χ2v) is 5.70. The summed E-state index contributed by atoms with van der Waals surface area (Å²) in [6, 6.07) is 7.27. The summed E-state index contributed by atoms with van der Waals surface area (Å²) in [5.74, 6) is -3.76. The summed E-state index contributed by atoms with van der Waals surface area (Å²) < 4.78 is 72.0. The Morgan fingerprint density at radius 2 is 1.86 bits per heavy atom. The molecule has 3 rings (SSSR count). The van der Waals surface area contributed by atoms with Gasteiger partial charge in [-0.2, -0.15) is 13.2 Å². The van der Waals surface area contributed by atoms with Gasteiger partial charge in [-0.15, -0.1) is 5.10 Å². The van der Waals surface area contributed by atoms with Gasteiger partial charge in [0.15, 0.2) is 11.6 Å². The van der Waals surface area contributed by atoms with Crippen LogP contribution in [0.2, 0.25) is 0 Å². The highest BCUT2D eigenvalue weighted by Crippen LogP contribution is 2.33. The minimum atomic E-state index is -4.57. The Morgan fingerprint density at radius 3 is 2.57 bits per heavy atom. The number of nitrogens with one attached hydrogen (secondary N) is 1. The number of amides is 1. The van der Waals surface area contributed by atoms with E-state index in [-0.39, 0.29) is 17.2 Å². The molecule has 0 spiro atoms. The normalized spacial score (nSPS) is 11.4. The zero-order valence-electron chi connectivity index (χ0n) is 14.2. The van der Waals surface area contributed by atoms with Crippen LogP contribution in [0.3, 0.4) is 0 Å². The lowest BCUT2D eigenvalue weighted by atomic mass is 10.2. The van der Waals surface area contributed by atoms with Crippen molar-refractivity contribution in [2.24, 2.45) is 7.05 Å². The summed E-state index contributed by atoms with van der Waals surface area (Å²) in [7, 11) is 1.46. The number of halogens is 5. The second-order valence-electron chi connectivity index (χ2n) is 5.70. The van der Waals surface area contributed by atoms with Crippen LogP contribution in [0.15, 0.2) is 48.7 Å². The molecule has 1 heterocycles. The molecule has 1 N–H and O–H groups in total. The van der Waals surface area contributed by atoms with Gasteiger partial charge in [-0.1, -0.05) is 12.1 Å². The predicted octanol–water partition coefficient (Wildman–Crippen LogP) is 4.76. The number of anilines is 1. The monoisotopic (exact) mass is 397 g/mol. The van der Waals surface area contributed by atoms with Gasteiger partial charge in [-0.3, -0.25) is 9.48 Å². The van der Waals surface area contributed by atoms with E-state index < -0.39 is 35.0 Å². The first-order valence-electron chi connectivity index (χ1n) is 7.79. The van der Waals surface area contributed by atoms with Gasteiger partial charge in [-0.05, 0) is 30.3 Å². The van der Waals surface area contributed by atoms with Gasteiger partial charge in [0.25, 0.3) is 11.8 Å². The van der Waals surface area contributed by atoms with Crippen molar-refractivity contribution >= 4 is 11.6 Å². The zero-order valence-corrected chi connectivity index (χ0v) is 14.2. The van der Waals surface area contributed by atoms with Crippen molar-refractivity contribution in [3.05, 3.63) is 71.4 Å². The molecule has 0 bridgehead atoms. The average Bonchev–Trinajstić information content (AvgIpc) is 2.99. The molecule has 146 valence electrons. The van der Waals surface area contributed by atoms with Gasteiger partial charge in [0.2, 0.25) is 0 Å². The summed E-state index contributed by atoms with van der Waals surface area (Å²) in [6.45, 7) is 0. The van der Waals surface area contributed by atoms with E-state index in [2.05, 4.69) is 10.4 Å². The molecule has 0 saturated carbocycles. The average molecular weight is 397 g/mol. The van der Waals surface area contributed by atoms with Crippen molar-refractivity contribution in [1.29, 1.82) is 0 Å². The second kappa shape index (κ2) is 7.29. The van der Waals surface area contributed by atoms with Crippen molar-refractivity contribution in [2.75, 3.05) is 5.32 Å². The van der Waals surface area contributed by atoms with E-state index in [0.717, 1.165) is 30.3 Å². The van der Waals surface area contributed by atoms with Gasteiger partial charge in [-0.25, -0.2) is 8.78 Å². The molecule has 0 unspecified atom stereocenters. The van der Waals surface area contributed by atoms with Crippen molar-refractivity contribution in [3.63, 3.8) is 0 Å². The lowest BCUT2D eigenvalue weighted by Crippen LogP contribution is -2.13. The van der Waals surface area contributed by atoms with Crippen LogP contribution in [-0.2, 0) is 13.2 Å². The first-order chi connectivity index (χ1) is 13.1. The van der Waals surface area contributed by atoms with E-state index in [1.165, 1.54) is 30.1 Å². The fourth-order valence-corrected chi connectivity index (χ4v) is 2.34. The van der Waals surface area contributed by atoms with Gasteiger partial charge >= 0.3 is 6.18 Å². The molecule has 0 atom stereocenters. The summed E-state index contributed by atoms with van der Waals surface area (Å²) in [5, 5.41) is 6.06. The number of aryl methyl sites for hydroxylation is 1. The molecule has 28 heavy (non-hydrogen) atoms. The third-order valence-electron chi connectivity index (χ3n) is 3.62. The molecular weight excluding hydrogens is 385 g/mol. The Hall–Kier alpha value is -3.43. The molecule has 5 nitrogen and oxygen atoms in total. The van der Waals surface area contributed by atoms with Crippen LogP contribution in [0.25, 0.3) is 0 Å². The zero-order chi connectivity index (χ0) is 20.5. The summed E-state index contributed by atoms with van der Waals surface area (Å²) in [4.78, 5) is 12.4. The van der Waals surface area contributed by atoms with Crippen LogP contribution in [0.4, 0.5) is 27.6 Å². The number of aromatic nitrogens is 2. The summed E-state index contributed by atoms with van der Waals surface area (Å²) in [6.07, 6.45) is -3.34. The molecule has 10 heteroatoms. The number of rotatable bonds is 4. The van der Waals surface area contributed by atoms with Crippen molar-refractivity contribution < 1.29 is 31.5 Å². The highest BCUT2D eigenvalue weighted by Gasteiger charge is 2.31. The summed E-state index contributed by atoms with van der Waals surface area (Å²) in [5.41, 5.74) is -1.52. The van der Waals surface area contributed by atoms with Crippen molar-refractivity contribution in [1.82, 2.24) is 9.78 Å². The van der Waals surface area contributed by atoms with E-state index in [4.69, 9.17) is 4.74 Å². The maximum Gasteiger partial charge on any atom is 0.416 e. The third-order valence-corrected chi connectivity index (χ3v) is 3.62. The maximum atomic E-state index is 13.7. The molecule has 0 aliphatic heterocycles. The van der Waals surface area contributed by atoms with Crippen LogP contribution in [0, 0.1) is 11.6 Å². The number of carbonyl (C=O) groups excluding carboxylic acids is 1. The third kappa shape index (κ3) is 4.11. The molecule has 2 aromatic carbocycles. The first-order valence-corrected chi connectivity index (χ1v) is 7.79. The first kappa shape index (κ1) is 19.3. The van der Waals surface area contributed by atoms with E-state index >= 15 is 0 Å². The fraction of sp³-hybridized carbons (Fsp3) is 0.111. The molecule has 1 amide bonds. The number of hydrogen-bond donors (Lipinski definition) is 1. The number of ether oxygens (including phenoxy) is 1. The van der Waals surface area contributed by atoms with Crippen LogP contribution in [0.1, 0.15) is 15.9 Å². The van der Waals surface area contributed by atoms with Crippen LogP contribution in [0.5, 0.6) is 11.6 Å². The van der Waals surface area contributed by atoms with Crippen LogP contribution >= 0.6 is 0 Å². The topological polar surface area (TPSA) is 56.2 Å². The quantitative estimate of drug-likeness (QED) is 0.646. The molecule has 0 radical (unpaired) electrons. The Bertz CT molecular complexity index is 1030. The Morgan fingerprint density at radius 1 is 1.14 bits per heavy atom. The van der Waals surface area contributed by atoms with Gasteiger partial charge in [0.1, 0.15) is 11.3 Å². The number of alkyl halides is 3. The van der Waals surface area contributed by atoms with Gasteiger partial charge < -0.3 is 10.1 Å².